The van der Waals surface area contributed by atoms with Crippen molar-refractivity contribution in [3.05, 3.63) is 16.5 Å². The van der Waals surface area contributed by atoms with Gasteiger partial charge in [-0.15, -0.1) is 0 Å². The van der Waals surface area contributed by atoms with Crippen LogP contribution >= 0.6 is 15.9 Å². The summed E-state index contributed by atoms with van der Waals surface area (Å²) in [5.74, 6) is -0.888. The standard InChI is InChI=1S/C10H11BrF3N3/c11-7-5-15-9(10(12,13)14)17-8(7)16-6-3-1-2-4-6/h5-6H,1-4H2,(H,15,16,17). The predicted molar refractivity (Wildman–Crippen MR) is 60.6 cm³/mol. The second-order valence-electron chi connectivity index (χ2n) is 4.01. The molecule has 0 saturated heterocycles. The van der Waals surface area contributed by atoms with Gasteiger partial charge in [-0.25, -0.2) is 9.97 Å². The van der Waals surface area contributed by atoms with Crippen molar-refractivity contribution in [2.75, 3.05) is 5.32 Å². The van der Waals surface area contributed by atoms with E-state index in [-0.39, 0.29) is 11.9 Å². The highest BCUT2D eigenvalue weighted by Crippen LogP contribution is 2.30. The topological polar surface area (TPSA) is 37.8 Å². The van der Waals surface area contributed by atoms with Gasteiger partial charge in [-0.05, 0) is 28.8 Å². The van der Waals surface area contributed by atoms with Crippen molar-refractivity contribution >= 4 is 21.7 Å². The average molecular weight is 310 g/mol. The molecule has 1 aromatic rings. The van der Waals surface area contributed by atoms with Crippen LogP contribution in [-0.2, 0) is 6.18 Å². The van der Waals surface area contributed by atoms with Gasteiger partial charge < -0.3 is 5.32 Å². The number of halogens is 4. The molecule has 2 rings (SSSR count). The van der Waals surface area contributed by atoms with E-state index < -0.39 is 12.0 Å². The van der Waals surface area contributed by atoms with Crippen LogP contribution in [0.4, 0.5) is 19.0 Å². The zero-order valence-corrected chi connectivity index (χ0v) is 10.5. The van der Waals surface area contributed by atoms with Gasteiger partial charge in [0.15, 0.2) is 0 Å². The molecule has 1 aliphatic carbocycles. The number of nitrogens with one attached hydrogen (secondary N) is 1. The van der Waals surface area contributed by atoms with Crippen LogP contribution < -0.4 is 5.32 Å². The normalized spacial score (nSPS) is 17.4. The smallest absolute Gasteiger partial charge is 0.366 e. The first-order valence-corrected chi connectivity index (χ1v) is 6.12. The van der Waals surface area contributed by atoms with Crippen LogP contribution in [0.25, 0.3) is 0 Å². The Balaban J connectivity index is 2.20. The lowest BCUT2D eigenvalue weighted by atomic mass is 10.2. The Bertz CT molecular complexity index is 402. The third-order valence-electron chi connectivity index (χ3n) is 2.69. The van der Waals surface area contributed by atoms with Gasteiger partial charge in [0, 0.05) is 12.2 Å². The van der Waals surface area contributed by atoms with Gasteiger partial charge in [0.2, 0.25) is 5.82 Å². The highest BCUT2D eigenvalue weighted by molar-refractivity contribution is 9.10. The van der Waals surface area contributed by atoms with Gasteiger partial charge in [-0.3, -0.25) is 0 Å². The number of anilines is 1. The molecule has 1 aliphatic rings. The molecule has 1 saturated carbocycles. The Labute approximate surface area is 105 Å². The van der Waals surface area contributed by atoms with Gasteiger partial charge >= 0.3 is 6.18 Å². The molecular weight excluding hydrogens is 299 g/mol. The second kappa shape index (κ2) is 4.80. The van der Waals surface area contributed by atoms with Gasteiger partial charge in [0.25, 0.3) is 0 Å². The summed E-state index contributed by atoms with van der Waals surface area (Å²) in [4.78, 5) is 6.77. The molecule has 1 heterocycles. The lowest BCUT2D eigenvalue weighted by molar-refractivity contribution is -0.144. The van der Waals surface area contributed by atoms with E-state index in [0.29, 0.717) is 4.47 Å². The summed E-state index contributed by atoms with van der Waals surface area (Å²) in [7, 11) is 0. The lowest BCUT2D eigenvalue weighted by Gasteiger charge is -2.15. The van der Waals surface area contributed by atoms with Gasteiger partial charge in [-0.1, -0.05) is 12.8 Å². The summed E-state index contributed by atoms with van der Waals surface area (Å²) >= 11 is 3.15. The first kappa shape index (κ1) is 12.6. The number of hydrogen-bond acceptors (Lipinski definition) is 3. The third-order valence-corrected chi connectivity index (χ3v) is 3.27. The van der Waals surface area contributed by atoms with E-state index >= 15 is 0 Å². The molecule has 17 heavy (non-hydrogen) atoms. The minimum absolute atomic E-state index is 0.210. The summed E-state index contributed by atoms with van der Waals surface area (Å²) in [6.07, 6.45) is 0.772. The fourth-order valence-corrected chi connectivity index (χ4v) is 2.17. The predicted octanol–water partition coefficient (Wildman–Crippen LogP) is 3.61. The monoisotopic (exact) mass is 309 g/mol. The molecule has 1 N–H and O–H groups in total. The maximum absolute atomic E-state index is 12.4. The Morgan fingerprint density at radius 2 is 1.94 bits per heavy atom. The molecule has 3 nitrogen and oxygen atoms in total. The molecule has 1 aromatic heterocycles. The lowest BCUT2D eigenvalue weighted by Crippen LogP contribution is -2.19. The summed E-state index contributed by atoms with van der Waals surface area (Å²) in [5.41, 5.74) is 0. The van der Waals surface area contributed by atoms with Crippen molar-refractivity contribution in [2.24, 2.45) is 0 Å². The van der Waals surface area contributed by atoms with Gasteiger partial charge in [-0.2, -0.15) is 13.2 Å². The van der Waals surface area contributed by atoms with Crippen LogP contribution in [0.3, 0.4) is 0 Å². The summed E-state index contributed by atoms with van der Waals surface area (Å²) in [6, 6.07) is 0.210. The van der Waals surface area contributed by atoms with Crippen molar-refractivity contribution in [1.29, 1.82) is 0 Å². The number of aromatic nitrogens is 2. The van der Waals surface area contributed by atoms with Crippen LogP contribution in [0.1, 0.15) is 31.5 Å². The van der Waals surface area contributed by atoms with Gasteiger partial charge in [0.1, 0.15) is 5.82 Å². The van der Waals surface area contributed by atoms with Crippen LogP contribution in [0, 0.1) is 0 Å². The van der Waals surface area contributed by atoms with Crippen molar-refractivity contribution in [3.63, 3.8) is 0 Å². The molecule has 94 valence electrons. The van der Waals surface area contributed by atoms with Crippen LogP contribution in [0.5, 0.6) is 0 Å². The van der Waals surface area contributed by atoms with Crippen molar-refractivity contribution < 1.29 is 13.2 Å². The molecule has 0 spiro atoms. The van der Waals surface area contributed by atoms with Crippen molar-refractivity contribution in [2.45, 2.75) is 37.9 Å². The van der Waals surface area contributed by atoms with Crippen LogP contribution in [-0.4, -0.2) is 16.0 Å². The van der Waals surface area contributed by atoms with E-state index in [4.69, 9.17) is 0 Å². The van der Waals surface area contributed by atoms with Crippen molar-refractivity contribution in [3.8, 4) is 0 Å². The van der Waals surface area contributed by atoms with E-state index in [2.05, 4.69) is 31.2 Å². The number of nitrogens with zero attached hydrogens (tertiary/aromatic N) is 2. The summed E-state index contributed by atoms with van der Waals surface area (Å²) < 4.78 is 37.8. The number of hydrogen-bond donors (Lipinski definition) is 1. The zero-order valence-electron chi connectivity index (χ0n) is 8.89. The molecule has 1 fully saturated rings. The fourth-order valence-electron chi connectivity index (χ4n) is 1.87. The van der Waals surface area contributed by atoms with E-state index in [9.17, 15) is 13.2 Å². The largest absolute Gasteiger partial charge is 0.451 e. The SMILES string of the molecule is FC(F)(F)c1ncc(Br)c(NC2CCCC2)n1. The molecule has 0 radical (unpaired) electrons. The Morgan fingerprint density at radius 1 is 1.29 bits per heavy atom. The zero-order chi connectivity index (χ0) is 12.5. The fraction of sp³-hybridized carbons (Fsp3) is 0.600. The van der Waals surface area contributed by atoms with E-state index in [1.807, 2.05) is 0 Å². The quantitative estimate of drug-likeness (QED) is 0.907. The maximum atomic E-state index is 12.4. The Morgan fingerprint density at radius 3 is 2.53 bits per heavy atom. The molecule has 0 bridgehead atoms. The van der Waals surface area contributed by atoms with E-state index in [1.165, 1.54) is 0 Å². The number of alkyl halides is 3. The highest BCUT2D eigenvalue weighted by atomic mass is 79.9. The molecule has 0 atom stereocenters. The van der Waals surface area contributed by atoms with Crippen LogP contribution in [0.15, 0.2) is 10.7 Å². The second-order valence-corrected chi connectivity index (χ2v) is 4.87. The van der Waals surface area contributed by atoms with Gasteiger partial charge in [0.05, 0.1) is 4.47 Å². The maximum Gasteiger partial charge on any atom is 0.451 e. The van der Waals surface area contributed by atoms with Crippen LogP contribution in [0.2, 0.25) is 0 Å². The molecule has 0 unspecified atom stereocenters. The van der Waals surface area contributed by atoms with Crippen molar-refractivity contribution in [1.82, 2.24) is 9.97 Å². The number of rotatable bonds is 2. The van der Waals surface area contributed by atoms with E-state index in [0.717, 1.165) is 31.9 Å². The summed E-state index contributed by atoms with van der Waals surface area (Å²) in [5, 5.41) is 3.02. The molecule has 0 aliphatic heterocycles. The molecule has 0 aromatic carbocycles. The minimum Gasteiger partial charge on any atom is -0.366 e. The van der Waals surface area contributed by atoms with E-state index in [1.54, 1.807) is 0 Å². The average Bonchev–Trinajstić information content (AvgIpc) is 2.72. The molecule has 0 amide bonds. The Hall–Kier alpha value is -0.850. The first-order chi connectivity index (χ1) is 7.97. The Kier molecular flexibility index (Phi) is 3.56. The minimum atomic E-state index is -4.51. The summed E-state index contributed by atoms with van der Waals surface area (Å²) in [6.45, 7) is 0. The molecular formula is C10H11BrF3N3. The highest BCUT2D eigenvalue weighted by Gasteiger charge is 2.35. The first-order valence-electron chi connectivity index (χ1n) is 5.33. The molecule has 7 heteroatoms. The third kappa shape index (κ3) is 3.08.